The standard InChI is InChI=1S/C17H17FN2O2/c1-11-9-14(7-8-16(11)19-12(2)21)20-17(22)10-13-5-3-4-6-15(13)18/h3-9H,10H2,1-2H3,(H,19,21)(H,20,22). The molecule has 0 aliphatic rings. The van der Waals surface area contributed by atoms with Gasteiger partial charge in [0.1, 0.15) is 5.82 Å². The van der Waals surface area contributed by atoms with E-state index in [4.69, 9.17) is 0 Å². The number of rotatable bonds is 4. The van der Waals surface area contributed by atoms with E-state index in [0.29, 0.717) is 16.9 Å². The van der Waals surface area contributed by atoms with Gasteiger partial charge in [-0.15, -0.1) is 0 Å². The minimum absolute atomic E-state index is 0.0286. The Morgan fingerprint density at radius 2 is 1.82 bits per heavy atom. The highest BCUT2D eigenvalue weighted by Crippen LogP contribution is 2.20. The van der Waals surface area contributed by atoms with Gasteiger partial charge in [-0.25, -0.2) is 4.39 Å². The molecule has 0 saturated heterocycles. The zero-order valence-electron chi connectivity index (χ0n) is 12.4. The van der Waals surface area contributed by atoms with E-state index >= 15 is 0 Å². The van der Waals surface area contributed by atoms with E-state index in [0.717, 1.165) is 5.56 Å². The molecule has 2 amide bonds. The smallest absolute Gasteiger partial charge is 0.228 e. The average Bonchev–Trinajstić information content (AvgIpc) is 2.44. The van der Waals surface area contributed by atoms with Gasteiger partial charge in [-0.1, -0.05) is 18.2 Å². The first-order valence-electron chi connectivity index (χ1n) is 6.87. The van der Waals surface area contributed by atoms with E-state index < -0.39 is 5.82 Å². The summed E-state index contributed by atoms with van der Waals surface area (Å²) in [5.41, 5.74) is 2.48. The van der Waals surface area contributed by atoms with E-state index in [1.54, 1.807) is 36.4 Å². The molecule has 0 aromatic heterocycles. The molecular weight excluding hydrogens is 283 g/mol. The van der Waals surface area contributed by atoms with E-state index in [-0.39, 0.29) is 18.2 Å². The van der Waals surface area contributed by atoms with Crippen LogP contribution in [-0.4, -0.2) is 11.8 Å². The highest BCUT2D eigenvalue weighted by Gasteiger charge is 2.09. The van der Waals surface area contributed by atoms with Gasteiger partial charge in [0.05, 0.1) is 6.42 Å². The molecule has 2 aromatic rings. The van der Waals surface area contributed by atoms with Crippen LogP contribution in [0.3, 0.4) is 0 Å². The maximum atomic E-state index is 13.5. The lowest BCUT2D eigenvalue weighted by Crippen LogP contribution is -2.15. The summed E-state index contributed by atoms with van der Waals surface area (Å²) >= 11 is 0. The number of carbonyl (C=O) groups excluding carboxylic acids is 2. The lowest BCUT2D eigenvalue weighted by molar-refractivity contribution is -0.116. The van der Waals surface area contributed by atoms with Crippen molar-refractivity contribution in [1.29, 1.82) is 0 Å². The van der Waals surface area contributed by atoms with E-state index in [2.05, 4.69) is 10.6 Å². The number of halogens is 1. The highest BCUT2D eigenvalue weighted by molar-refractivity contribution is 5.93. The molecule has 2 rings (SSSR count). The maximum absolute atomic E-state index is 13.5. The molecule has 0 heterocycles. The molecule has 0 bridgehead atoms. The number of nitrogens with one attached hydrogen (secondary N) is 2. The van der Waals surface area contributed by atoms with Crippen LogP contribution in [0.5, 0.6) is 0 Å². The Balaban J connectivity index is 2.04. The zero-order chi connectivity index (χ0) is 16.1. The van der Waals surface area contributed by atoms with Gasteiger partial charge in [0.15, 0.2) is 0 Å². The minimum Gasteiger partial charge on any atom is -0.326 e. The Labute approximate surface area is 128 Å². The second kappa shape index (κ2) is 6.85. The normalized spacial score (nSPS) is 10.1. The molecular formula is C17H17FN2O2. The number of aryl methyl sites for hydroxylation is 1. The highest BCUT2D eigenvalue weighted by atomic mass is 19.1. The maximum Gasteiger partial charge on any atom is 0.228 e. The molecule has 0 unspecified atom stereocenters. The Bertz CT molecular complexity index is 714. The first kappa shape index (κ1) is 15.7. The summed E-state index contributed by atoms with van der Waals surface area (Å²) in [5, 5.41) is 5.42. The van der Waals surface area contributed by atoms with Crippen LogP contribution in [0.4, 0.5) is 15.8 Å². The Kier molecular flexibility index (Phi) is 4.88. The van der Waals surface area contributed by atoms with Crippen LogP contribution >= 0.6 is 0 Å². The minimum atomic E-state index is -0.394. The van der Waals surface area contributed by atoms with Gasteiger partial charge in [-0.3, -0.25) is 9.59 Å². The number of hydrogen-bond donors (Lipinski definition) is 2. The first-order valence-corrected chi connectivity index (χ1v) is 6.87. The van der Waals surface area contributed by atoms with Gasteiger partial charge in [0, 0.05) is 18.3 Å². The largest absolute Gasteiger partial charge is 0.326 e. The number of anilines is 2. The zero-order valence-corrected chi connectivity index (χ0v) is 12.4. The SMILES string of the molecule is CC(=O)Nc1ccc(NC(=O)Cc2ccccc2F)cc1C. The van der Waals surface area contributed by atoms with Crippen LogP contribution < -0.4 is 10.6 Å². The van der Waals surface area contributed by atoms with E-state index in [1.165, 1.54) is 13.0 Å². The molecule has 2 aromatic carbocycles. The lowest BCUT2D eigenvalue weighted by atomic mass is 10.1. The Hall–Kier alpha value is -2.69. The molecule has 0 aliphatic carbocycles. The second-order valence-electron chi connectivity index (χ2n) is 5.03. The predicted octanol–water partition coefficient (Wildman–Crippen LogP) is 3.27. The summed E-state index contributed by atoms with van der Waals surface area (Å²) in [6.45, 7) is 3.27. The topological polar surface area (TPSA) is 58.2 Å². The number of amides is 2. The lowest BCUT2D eigenvalue weighted by Gasteiger charge is -2.10. The van der Waals surface area contributed by atoms with Gasteiger partial charge in [0.2, 0.25) is 11.8 Å². The number of carbonyl (C=O) groups is 2. The fourth-order valence-electron chi connectivity index (χ4n) is 2.09. The third-order valence-corrected chi connectivity index (χ3v) is 3.13. The van der Waals surface area contributed by atoms with Crippen LogP contribution in [0.2, 0.25) is 0 Å². The summed E-state index contributed by atoms with van der Waals surface area (Å²) in [5.74, 6) is -0.842. The van der Waals surface area contributed by atoms with Crippen molar-refractivity contribution in [3.8, 4) is 0 Å². The summed E-state index contributed by atoms with van der Waals surface area (Å²) in [6, 6.07) is 11.4. The molecule has 114 valence electrons. The van der Waals surface area contributed by atoms with Crippen molar-refractivity contribution in [1.82, 2.24) is 0 Å². The van der Waals surface area contributed by atoms with Crippen molar-refractivity contribution in [2.24, 2.45) is 0 Å². The van der Waals surface area contributed by atoms with Gasteiger partial charge < -0.3 is 10.6 Å². The fraction of sp³-hybridized carbons (Fsp3) is 0.176. The van der Waals surface area contributed by atoms with Crippen LogP contribution in [-0.2, 0) is 16.0 Å². The van der Waals surface area contributed by atoms with E-state index in [9.17, 15) is 14.0 Å². The summed E-state index contributed by atoms with van der Waals surface area (Å²) in [4.78, 5) is 23.0. The molecule has 2 N–H and O–H groups in total. The molecule has 0 fully saturated rings. The van der Waals surface area contributed by atoms with Gasteiger partial charge in [0.25, 0.3) is 0 Å². The van der Waals surface area contributed by atoms with Crippen LogP contribution in [0, 0.1) is 12.7 Å². The average molecular weight is 300 g/mol. The van der Waals surface area contributed by atoms with Crippen molar-refractivity contribution in [3.05, 3.63) is 59.4 Å². The van der Waals surface area contributed by atoms with Crippen molar-refractivity contribution in [2.75, 3.05) is 10.6 Å². The van der Waals surface area contributed by atoms with E-state index in [1.807, 2.05) is 6.92 Å². The number of hydrogen-bond acceptors (Lipinski definition) is 2. The van der Waals surface area contributed by atoms with Crippen LogP contribution in [0.15, 0.2) is 42.5 Å². The fourth-order valence-corrected chi connectivity index (χ4v) is 2.09. The molecule has 0 spiro atoms. The summed E-state index contributed by atoms with van der Waals surface area (Å²) in [6.07, 6.45) is -0.0286. The van der Waals surface area contributed by atoms with Crippen molar-refractivity contribution in [2.45, 2.75) is 20.3 Å². The number of benzene rings is 2. The van der Waals surface area contributed by atoms with Gasteiger partial charge in [-0.2, -0.15) is 0 Å². The predicted molar refractivity (Wildman–Crippen MR) is 84.2 cm³/mol. The first-order chi connectivity index (χ1) is 10.5. The van der Waals surface area contributed by atoms with Crippen molar-refractivity contribution < 1.29 is 14.0 Å². The van der Waals surface area contributed by atoms with Gasteiger partial charge >= 0.3 is 0 Å². The van der Waals surface area contributed by atoms with Crippen molar-refractivity contribution in [3.63, 3.8) is 0 Å². The van der Waals surface area contributed by atoms with Crippen LogP contribution in [0.25, 0.3) is 0 Å². The van der Waals surface area contributed by atoms with Gasteiger partial charge in [-0.05, 0) is 42.3 Å². The van der Waals surface area contributed by atoms with Crippen LogP contribution in [0.1, 0.15) is 18.1 Å². The molecule has 0 radical (unpaired) electrons. The quantitative estimate of drug-likeness (QED) is 0.910. The van der Waals surface area contributed by atoms with Crippen molar-refractivity contribution >= 4 is 23.2 Å². The molecule has 0 saturated carbocycles. The third kappa shape index (κ3) is 4.15. The Morgan fingerprint density at radius 3 is 2.45 bits per heavy atom. The summed E-state index contributed by atoms with van der Waals surface area (Å²) < 4.78 is 13.5. The second-order valence-corrected chi connectivity index (χ2v) is 5.03. The summed E-state index contributed by atoms with van der Waals surface area (Å²) in [7, 11) is 0. The molecule has 0 atom stereocenters. The third-order valence-electron chi connectivity index (χ3n) is 3.13. The molecule has 5 heteroatoms. The molecule has 4 nitrogen and oxygen atoms in total. The monoisotopic (exact) mass is 300 g/mol. The molecule has 22 heavy (non-hydrogen) atoms. The Morgan fingerprint density at radius 1 is 1.09 bits per heavy atom. The molecule has 0 aliphatic heterocycles.